The predicted molar refractivity (Wildman–Crippen MR) is 53.3 cm³/mol. The van der Waals surface area contributed by atoms with Crippen LogP contribution in [-0.4, -0.2) is 0 Å². The van der Waals surface area contributed by atoms with Gasteiger partial charge in [0.2, 0.25) is 0 Å². The Morgan fingerprint density at radius 3 is 2.38 bits per heavy atom. The highest BCUT2D eigenvalue weighted by molar-refractivity contribution is 5.34. The summed E-state index contributed by atoms with van der Waals surface area (Å²) in [7, 11) is 0. The van der Waals surface area contributed by atoms with E-state index < -0.39 is 0 Å². The lowest BCUT2D eigenvalue weighted by atomic mass is 10.0. The molecule has 2 nitrogen and oxygen atoms in total. The summed E-state index contributed by atoms with van der Waals surface area (Å²) in [5.41, 5.74) is 8.11. The molecule has 70 valence electrons. The third-order valence-electron chi connectivity index (χ3n) is 2.33. The van der Waals surface area contributed by atoms with Crippen molar-refractivity contribution in [1.29, 1.82) is 0 Å². The van der Waals surface area contributed by atoms with Gasteiger partial charge in [0.25, 0.3) is 0 Å². The molecule has 2 heteroatoms. The molecule has 0 aliphatic heterocycles. The van der Waals surface area contributed by atoms with Crippen LogP contribution in [0.15, 0.2) is 4.42 Å². The maximum absolute atomic E-state index is 5.92. The van der Waals surface area contributed by atoms with E-state index in [1.54, 1.807) is 0 Å². The van der Waals surface area contributed by atoms with Crippen LogP contribution in [0.1, 0.15) is 35.1 Å². The quantitative estimate of drug-likeness (QED) is 0.703. The van der Waals surface area contributed by atoms with E-state index in [2.05, 4.69) is 5.92 Å². The van der Waals surface area contributed by atoms with E-state index in [1.807, 2.05) is 20.8 Å². The zero-order chi connectivity index (χ0) is 10.0. The van der Waals surface area contributed by atoms with Gasteiger partial charge in [0.15, 0.2) is 0 Å². The summed E-state index contributed by atoms with van der Waals surface area (Å²) in [5, 5.41) is 0. The summed E-state index contributed by atoms with van der Waals surface area (Å²) in [4.78, 5) is 0. The van der Waals surface area contributed by atoms with Crippen molar-refractivity contribution in [1.82, 2.24) is 0 Å². The van der Waals surface area contributed by atoms with E-state index in [0.29, 0.717) is 6.42 Å². The maximum Gasteiger partial charge on any atom is 0.106 e. The second kappa shape index (κ2) is 3.68. The molecule has 0 radical (unpaired) electrons. The van der Waals surface area contributed by atoms with E-state index in [4.69, 9.17) is 16.6 Å². The lowest BCUT2D eigenvalue weighted by Crippen LogP contribution is -2.10. The second-order valence-electron chi connectivity index (χ2n) is 3.27. The second-order valence-corrected chi connectivity index (χ2v) is 3.27. The molecule has 1 unspecified atom stereocenters. The van der Waals surface area contributed by atoms with Gasteiger partial charge in [-0.05, 0) is 26.3 Å². The fourth-order valence-electron chi connectivity index (χ4n) is 1.58. The van der Waals surface area contributed by atoms with Gasteiger partial charge < -0.3 is 10.2 Å². The minimum Gasteiger partial charge on any atom is -0.466 e. The SMILES string of the molecule is C#CCC(N)c1c(C)oc(C)c1C. The van der Waals surface area contributed by atoms with Crippen molar-refractivity contribution in [2.75, 3.05) is 0 Å². The van der Waals surface area contributed by atoms with Gasteiger partial charge in [0.05, 0.1) is 0 Å². The van der Waals surface area contributed by atoms with E-state index >= 15 is 0 Å². The molecule has 0 bridgehead atoms. The summed E-state index contributed by atoms with van der Waals surface area (Å²) in [6.45, 7) is 5.87. The fraction of sp³-hybridized carbons (Fsp3) is 0.455. The van der Waals surface area contributed by atoms with Crippen LogP contribution >= 0.6 is 0 Å². The molecule has 0 spiro atoms. The lowest BCUT2D eigenvalue weighted by Gasteiger charge is -2.07. The molecule has 0 saturated heterocycles. The van der Waals surface area contributed by atoms with Crippen LogP contribution in [0.5, 0.6) is 0 Å². The Balaban J connectivity index is 3.07. The fourth-order valence-corrected chi connectivity index (χ4v) is 1.58. The molecule has 0 saturated carbocycles. The van der Waals surface area contributed by atoms with Crippen molar-refractivity contribution < 1.29 is 4.42 Å². The molecule has 13 heavy (non-hydrogen) atoms. The molecular formula is C11H15NO. The number of hydrogen-bond acceptors (Lipinski definition) is 2. The van der Waals surface area contributed by atoms with Crippen molar-refractivity contribution in [3.8, 4) is 12.3 Å². The Morgan fingerprint density at radius 2 is 2.00 bits per heavy atom. The zero-order valence-corrected chi connectivity index (χ0v) is 8.35. The first-order valence-corrected chi connectivity index (χ1v) is 4.33. The lowest BCUT2D eigenvalue weighted by molar-refractivity contribution is 0.496. The molecular weight excluding hydrogens is 162 g/mol. The smallest absolute Gasteiger partial charge is 0.106 e. The molecule has 1 atom stereocenters. The maximum atomic E-state index is 5.92. The molecule has 0 fully saturated rings. The Hall–Kier alpha value is -1.20. The largest absolute Gasteiger partial charge is 0.466 e. The van der Waals surface area contributed by atoms with E-state index in [1.165, 1.54) is 0 Å². The third-order valence-corrected chi connectivity index (χ3v) is 2.33. The average Bonchev–Trinajstić information content (AvgIpc) is 2.27. The van der Waals surface area contributed by atoms with Gasteiger partial charge in [0.1, 0.15) is 11.5 Å². The van der Waals surface area contributed by atoms with Crippen LogP contribution < -0.4 is 5.73 Å². The molecule has 0 amide bonds. The van der Waals surface area contributed by atoms with Crippen LogP contribution in [0.4, 0.5) is 0 Å². The minimum absolute atomic E-state index is 0.0950. The molecule has 0 aromatic carbocycles. The third kappa shape index (κ3) is 1.76. The summed E-state index contributed by atoms with van der Waals surface area (Å²) in [5.74, 6) is 4.38. The molecule has 1 rings (SSSR count). The Labute approximate surface area is 79.1 Å². The highest BCUT2D eigenvalue weighted by atomic mass is 16.3. The summed E-state index contributed by atoms with van der Waals surface area (Å²) in [6.07, 6.45) is 5.77. The van der Waals surface area contributed by atoms with Crippen LogP contribution in [-0.2, 0) is 0 Å². The van der Waals surface area contributed by atoms with Crippen LogP contribution in [0, 0.1) is 33.1 Å². The first-order valence-electron chi connectivity index (χ1n) is 4.33. The number of hydrogen-bond donors (Lipinski definition) is 1. The van der Waals surface area contributed by atoms with Crippen LogP contribution in [0.2, 0.25) is 0 Å². The molecule has 1 heterocycles. The topological polar surface area (TPSA) is 39.2 Å². The molecule has 1 aromatic rings. The Bertz CT molecular complexity index is 344. The van der Waals surface area contributed by atoms with Gasteiger partial charge in [-0.2, -0.15) is 0 Å². The summed E-state index contributed by atoms with van der Waals surface area (Å²) >= 11 is 0. The highest BCUT2D eigenvalue weighted by Gasteiger charge is 2.16. The number of terminal acetylenes is 1. The van der Waals surface area contributed by atoms with Gasteiger partial charge in [0, 0.05) is 18.0 Å². The van der Waals surface area contributed by atoms with Crippen molar-refractivity contribution >= 4 is 0 Å². The number of furan rings is 1. The van der Waals surface area contributed by atoms with Crippen molar-refractivity contribution in [3.05, 3.63) is 22.6 Å². The minimum atomic E-state index is -0.0950. The molecule has 0 aliphatic carbocycles. The van der Waals surface area contributed by atoms with Crippen LogP contribution in [0.25, 0.3) is 0 Å². The first kappa shape index (κ1) is 9.88. The number of nitrogens with two attached hydrogens (primary N) is 1. The van der Waals surface area contributed by atoms with Gasteiger partial charge in [-0.15, -0.1) is 12.3 Å². The normalized spacial score (nSPS) is 12.5. The predicted octanol–water partition coefficient (Wildman–Crippen LogP) is 2.23. The van der Waals surface area contributed by atoms with Gasteiger partial charge in [-0.1, -0.05) is 0 Å². The van der Waals surface area contributed by atoms with Crippen molar-refractivity contribution in [3.63, 3.8) is 0 Å². The summed E-state index contributed by atoms with van der Waals surface area (Å²) in [6, 6.07) is -0.0950. The van der Waals surface area contributed by atoms with Crippen LogP contribution in [0.3, 0.4) is 0 Å². The summed E-state index contributed by atoms with van der Waals surface area (Å²) < 4.78 is 5.46. The standard InChI is InChI=1S/C11H15NO/c1-5-6-10(12)11-7(2)8(3)13-9(11)4/h1,10H,6,12H2,2-4H3. The van der Waals surface area contributed by atoms with E-state index in [9.17, 15) is 0 Å². The Morgan fingerprint density at radius 1 is 1.38 bits per heavy atom. The molecule has 1 aromatic heterocycles. The van der Waals surface area contributed by atoms with E-state index in [-0.39, 0.29) is 6.04 Å². The number of rotatable bonds is 2. The number of aryl methyl sites for hydroxylation is 2. The van der Waals surface area contributed by atoms with Gasteiger partial charge in [-0.25, -0.2) is 0 Å². The zero-order valence-electron chi connectivity index (χ0n) is 8.35. The van der Waals surface area contributed by atoms with Gasteiger partial charge >= 0.3 is 0 Å². The molecule has 0 aliphatic rings. The highest BCUT2D eigenvalue weighted by Crippen LogP contribution is 2.26. The Kier molecular flexibility index (Phi) is 2.79. The van der Waals surface area contributed by atoms with Crippen molar-refractivity contribution in [2.45, 2.75) is 33.2 Å². The molecule has 2 N–H and O–H groups in total. The van der Waals surface area contributed by atoms with E-state index in [0.717, 1.165) is 22.6 Å². The first-order chi connectivity index (χ1) is 6.07. The average molecular weight is 177 g/mol. The van der Waals surface area contributed by atoms with Gasteiger partial charge in [-0.3, -0.25) is 0 Å². The monoisotopic (exact) mass is 177 g/mol. The van der Waals surface area contributed by atoms with Crippen molar-refractivity contribution in [2.24, 2.45) is 5.73 Å².